The van der Waals surface area contributed by atoms with Gasteiger partial charge in [-0.05, 0) is 36.1 Å². The number of carbonyl (C=O) groups is 1. The van der Waals surface area contributed by atoms with Crippen LogP contribution in [0.1, 0.15) is 17.5 Å². The third kappa shape index (κ3) is 1.11. The molecule has 4 heteroatoms. The van der Waals surface area contributed by atoms with Gasteiger partial charge in [-0.1, -0.05) is 6.07 Å². The van der Waals surface area contributed by atoms with Crippen LogP contribution >= 0.6 is 0 Å². The van der Waals surface area contributed by atoms with Crippen molar-refractivity contribution in [3.05, 3.63) is 29.3 Å². The van der Waals surface area contributed by atoms with Crippen molar-refractivity contribution in [2.75, 3.05) is 6.54 Å². The Morgan fingerprint density at radius 2 is 2.27 bits per heavy atom. The molecule has 1 heterocycles. The maximum Gasteiger partial charge on any atom is 0.315 e. The third-order valence-electron chi connectivity index (χ3n) is 3.33. The minimum absolute atomic E-state index is 0.101. The molecule has 2 aliphatic rings. The van der Waals surface area contributed by atoms with Gasteiger partial charge in [-0.25, -0.2) is 4.79 Å². The predicted octanol–water partition coefficient (Wildman–Crippen LogP) is 0.847. The van der Waals surface area contributed by atoms with Gasteiger partial charge >= 0.3 is 6.03 Å². The van der Waals surface area contributed by atoms with E-state index in [0.717, 1.165) is 24.0 Å². The first-order valence-electron chi connectivity index (χ1n) is 5.08. The molecule has 1 fully saturated rings. The standard InChI is InChI=1S/C11H12N2O2/c14-8-1-2-9-7(5-8)3-4-11(9)6-12-10(15)13-11/h1-2,5,14H,3-4,6H2,(H2,12,13,15). The molecule has 1 aromatic carbocycles. The Labute approximate surface area is 87.3 Å². The highest BCUT2D eigenvalue weighted by Crippen LogP contribution is 2.39. The molecule has 1 aliphatic carbocycles. The van der Waals surface area contributed by atoms with Gasteiger partial charge in [0.2, 0.25) is 0 Å². The number of benzene rings is 1. The lowest BCUT2D eigenvalue weighted by Crippen LogP contribution is -2.38. The second-order valence-corrected chi connectivity index (χ2v) is 4.23. The Morgan fingerprint density at radius 3 is 3.00 bits per heavy atom. The molecule has 3 rings (SSSR count). The summed E-state index contributed by atoms with van der Waals surface area (Å²) < 4.78 is 0. The van der Waals surface area contributed by atoms with Crippen LogP contribution in [0.2, 0.25) is 0 Å². The lowest BCUT2D eigenvalue weighted by molar-refractivity contribution is 0.244. The van der Waals surface area contributed by atoms with Crippen LogP contribution in [0.25, 0.3) is 0 Å². The minimum atomic E-state index is -0.236. The highest BCUT2D eigenvalue weighted by atomic mass is 16.3. The lowest BCUT2D eigenvalue weighted by Gasteiger charge is -2.22. The van der Waals surface area contributed by atoms with Crippen molar-refractivity contribution >= 4 is 6.03 Å². The summed E-state index contributed by atoms with van der Waals surface area (Å²) in [5.41, 5.74) is 2.04. The van der Waals surface area contributed by atoms with Gasteiger partial charge in [0.15, 0.2) is 0 Å². The monoisotopic (exact) mass is 204 g/mol. The van der Waals surface area contributed by atoms with Crippen LogP contribution in [-0.2, 0) is 12.0 Å². The molecule has 0 radical (unpaired) electrons. The van der Waals surface area contributed by atoms with Crippen LogP contribution < -0.4 is 10.6 Å². The molecule has 0 saturated carbocycles. The van der Waals surface area contributed by atoms with Crippen molar-refractivity contribution < 1.29 is 9.90 Å². The molecule has 1 saturated heterocycles. The number of hydrogen-bond acceptors (Lipinski definition) is 2. The quantitative estimate of drug-likeness (QED) is 0.586. The molecule has 0 bridgehead atoms. The van der Waals surface area contributed by atoms with Gasteiger partial charge in [-0.2, -0.15) is 0 Å². The van der Waals surface area contributed by atoms with E-state index in [9.17, 15) is 9.90 Å². The molecule has 2 amide bonds. The van der Waals surface area contributed by atoms with E-state index in [4.69, 9.17) is 0 Å². The normalized spacial score (nSPS) is 27.6. The second kappa shape index (κ2) is 2.66. The van der Waals surface area contributed by atoms with E-state index in [1.54, 1.807) is 12.1 Å². The average Bonchev–Trinajstić information content (AvgIpc) is 2.73. The number of rotatable bonds is 0. The molecule has 78 valence electrons. The number of aryl methyl sites for hydroxylation is 1. The van der Waals surface area contributed by atoms with Crippen molar-refractivity contribution in [2.45, 2.75) is 18.4 Å². The van der Waals surface area contributed by atoms with E-state index in [2.05, 4.69) is 10.6 Å². The maximum absolute atomic E-state index is 11.2. The number of aromatic hydroxyl groups is 1. The van der Waals surface area contributed by atoms with Gasteiger partial charge in [-0.3, -0.25) is 0 Å². The van der Waals surface area contributed by atoms with Crippen molar-refractivity contribution in [3.63, 3.8) is 0 Å². The molecule has 1 atom stereocenters. The highest BCUT2D eigenvalue weighted by molar-refractivity contribution is 5.78. The largest absolute Gasteiger partial charge is 0.508 e. The number of hydrogen-bond donors (Lipinski definition) is 3. The third-order valence-corrected chi connectivity index (χ3v) is 3.33. The van der Waals surface area contributed by atoms with Crippen LogP contribution in [0.5, 0.6) is 5.75 Å². The van der Waals surface area contributed by atoms with Crippen LogP contribution in [0.15, 0.2) is 18.2 Å². The zero-order valence-electron chi connectivity index (χ0n) is 8.21. The summed E-state index contributed by atoms with van der Waals surface area (Å²) in [6.45, 7) is 0.642. The maximum atomic E-state index is 11.2. The van der Waals surface area contributed by atoms with Gasteiger partial charge in [-0.15, -0.1) is 0 Å². The molecular weight excluding hydrogens is 192 g/mol. The SMILES string of the molecule is O=C1NCC2(CCc3cc(O)ccc32)N1. The number of carbonyl (C=O) groups excluding carboxylic acids is 1. The van der Waals surface area contributed by atoms with Crippen LogP contribution in [0.3, 0.4) is 0 Å². The van der Waals surface area contributed by atoms with Gasteiger partial charge in [0.25, 0.3) is 0 Å². The summed E-state index contributed by atoms with van der Waals surface area (Å²) in [6.07, 6.45) is 1.82. The molecule has 1 spiro atoms. The molecule has 0 aromatic heterocycles. The summed E-state index contributed by atoms with van der Waals surface area (Å²) in [7, 11) is 0. The Hall–Kier alpha value is -1.71. The zero-order chi connectivity index (χ0) is 10.5. The van der Waals surface area contributed by atoms with Gasteiger partial charge in [0.1, 0.15) is 5.75 Å². The lowest BCUT2D eigenvalue weighted by atomic mass is 9.93. The first-order valence-corrected chi connectivity index (χ1v) is 5.08. The van der Waals surface area contributed by atoms with Crippen molar-refractivity contribution in [1.29, 1.82) is 0 Å². The molecule has 3 N–H and O–H groups in total. The second-order valence-electron chi connectivity index (χ2n) is 4.23. The Bertz CT molecular complexity index is 444. The van der Waals surface area contributed by atoms with Gasteiger partial charge in [0.05, 0.1) is 5.54 Å². The average molecular weight is 204 g/mol. The highest BCUT2D eigenvalue weighted by Gasteiger charge is 2.43. The number of fused-ring (bicyclic) bond motifs is 2. The van der Waals surface area contributed by atoms with Gasteiger partial charge in [0, 0.05) is 6.54 Å². The van der Waals surface area contributed by atoms with E-state index in [1.165, 1.54) is 0 Å². The zero-order valence-corrected chi connectivity index (χ0v) is 8.21. The summed E-state index contributed by atoms with van der Waals surface area (Å²) in [6, 6.07) is 5.27. The fourth-order valence-electron chi connectivity index (χ4n) is 2.59. The van der Waals surface area contributed by atoms with E-state index in [0.29, 0.717) is 12.3 Å². The predicted molar refractivity (Wildman–Crippen MR) is 54.6 cm³/mol. The first kappa shape index (κ1) is 8.59. The summed E-state index contributed by atoms with van der Waals surface area (Å²) in [5.74, 6) is 0.295. The van der Waals surface area contributed by atoms with Crippen LogP contribution in [0.4, 0.5) is 4.79 Å². The molecule has 1 aromatic rings. The number of phenolic OH excluding ortho intramolecular Hbond substituents is 1. The molecule has 1 aliphatic heterocycles. The number of nitrogens with one attached hydrogen (secondary N) is 2. The van der Waals surface area contributed by atoms with Crippen molar-refractivity contribution in [1.82, 2.24) is 10.6 Å². The van der Waals surface area contributed by atoms with Crippen LogP contribution in [0, 0.1) is 0 Å². The summed E-state index contributed by atoms with van der Waals surface area (Å²) >= 11 is 0. The molecule has 15 heavy (non-hydrogen) atoms. The summed E-state index contributed by atoms with van der Waals surface area (Å²) in [5, 5.41) is 15.1. The summed E-state index contributed by atoms with van der Waals surface area (Å²) in [4.78, 5) is 11.2. The Kier molecular flexibility index (Phi) is 1.52. The molecular formula is C11H12N2O2. The number of urea groups is 1. The van der Waals surface area contributed by atoms with E-state index >= 15 is 0 Å². The number of amides is 2. The molecule has 1 unspecified atom stereocenters. The smallest absolute Gasteiger partial charge is 0.315 e. The fraction of sp³-hybridized carbons (Fsp3) is 0.364. The van der Waals surface area contributed by atoms with Crippen molar-refractivity contribution in [2.24, 2.45) is 0 Å². The fourth-order valence-corrected chi connectivity index (χ4v) is 2.59. The van der Waals surface area contributed by atoms with E-state index < -0.39 is 0 Å². The van der Waals surface area contributed by atoms with E-state index in [1.807, 2.05) is 6.07 Å². The number of phenols is 1. The van der Waals surface area contributed by atoms with E-state index in [-0.39, 0.29) is 11.6 Å². The van der Waals surface area contributed by atoms with Crippen molar-refractivity contribution in [3.8, 4) is 5.75 Å². The first-order chi connectivity index (χ1) is 7.20. The Morgan fingerprint density at radius 1 is 1.40 bits per heavy atom. The van der Waals surface area contributed by atoms with Gasteiger partial charge < -0.3 is 15.7 Å². The Balaban J connectivity index is 2.08. The topological polar surface area (TPSA) is 61.4 Å². The van der Waals surface area contributed by atoms with Crippen LogP contribution in [-0.4, -0.2) is 17.7 Å². The minimum Gasteiger partial charge on any atom is -0.508 e. The molecule has 4 nitrogen and oxygen atoms in total.